The van der Waals surface area contributed by atoms with E-state index in [4.69, 9.17) is 4.74 Å². The van der Waals surface area contributed by atoms with E-state index in [2.05, 4.69) is 25.1 Å². The second kappa shape index (κ2) is 13.4. The maximum absolute atomic E-state index is 12.5. The standard InChI is InChI=1S/C16H23F2N3O4.HI/c1-4-19-16(20-8-7-14(22)24-3)21-10-11-9-12(23-2)5-6-13(11)25-15(17)18;/h5-6,9,15H,4,7-8,10H2,1-3H3,(H2,19,20,21);1H. The number of hydrogen-bond acceptors (Lipinski definition) is 5. The molecule has 0 aromatic heterocycles. The highest BCUT2D eigenvalue weighted by molar-refractivity contribution is 14.0. The Labute approximate surface area is 168 Å². The van der Waals surface area contributed by atoms with Crippen molar-refractivity contribution in [3.63, 3.8) is 0 Å². The van der Waals surface area contributed by atoms with Crippen LogP contribution in [0, 0.1) is 0 Å². The Morgan fingerprint density at radius 3 is 2.58 bits per heavy atom. The zero-order valence-corrected chi connectivity index (χ0v) is 17.2. The molecule has 7 nitrogen and oxygen atoms in total. The van der Waals surface area contributed by atoms with Gasteiger partial charge in [0, 0.05) is 18.7 Å². The predicted molar refractivity (Wildman–Crippen MR) is 104 cm³/mol. The summed E-state index contributed by atoms with van der Waals surface area (Å²) < 4.78 is 39.2. The smallest absolute Gasteiger partial charge is 0.387 e. The summed E-state index contributed by atoms with van der Waals surface area (Å²) in [6, 6.07) is 4.53. The van der Waals surface area contributed by atoms with E-state index in [1.807, 2.05) is 6.92 Å². The third kappa shape index (κ3) is 9.02. The topological polar surface area (TPSA) is 81.2 Å². The highest BCUT2D eigenvalue weighted by atomic mass is 127. The average molecular weight is 487 g/mol. The van der Waals surface area contributed by atoms with Crippen molar-refractivity contribution < 1.29 is 27.8 Å². The molecule has 1 rings (SSSR count). The molecule has 2 N–H and O–H groups in total. The summed E-state index contributed by atoms with van der Waals surface area (Å²) in [4.78, 5) is 15.4. The maximum Gasteiger partial charge on any atom is 0.387 e. The van der Waals surface area contributed by atoms with Gasteiger partial charge in [0.1, 0.15) is 11.5 Å². The summed E-state index contributed by atoms with van der Waals surface area (Å²) in [5.41, 5.74) is 0.449. The molecule has 0 aliphatic heterocycles. The number of ether oxygens (including phenoxy) is 3. The lowest BCUT2D eigenvalue weighted by molar-refractivity contribution is -0.140. The van der Waals surface area contributed by atoms with Crippen LogP contribution in [0.5, 0.6) is 11.5 Å². The van der Waals surface area contributed by atoms with Crippen LogP contribution in [-0.4, -0.2) is 45.8 Å². The van der Waals surface area contributed by atoms with Gasteiger partial charge in [-0.1, -0.05) is 0 Å². The Morgan fingerprint density at radius 2 is 2.00 bits per heavy atom. The molecule has 1 aromatic carbocycles. The van der Waals surface area contributed by atoms with Gasteiger partial charge in [0.05, 0.1) is 27.2 Å². The van der Waals surface area contributed by atoms with Crippen molar-refractivity contribution in [2.45, 2.75) is 26.5 Å². The van der Waals surface area contributed by atoms with Crippen LogP contribution in [0.3, 0.4) is 0 Å². The lowest BCUT2D eigenvalue weighted by atomic mass is 10.2. The molecule has 0 bridgehead atoms. The first-order chi connectivity index (χ1) is 12.0. The molecule has 0 spiro atoms. The van der Waals surface area contributed by atoms with Crippen molar-refractivity contribution in [1.82, 2.24) is 10.6 Å². The van der Waals surface area contributed by atoms with Gasteiger partial charge < -0.3 is 24.8 Å². The number of hydrogen-bond donors (Lipinski definition) is 2. The number of carbonyl (C=O) groups excluding carboxylic acids is 1. The molecular formula is C16H24F2IN3O4. The maximum atomic E-state index is 12.5. The van der Waals surface area contributed by atoms with Gasteiger partial charge in [-0.3, -0.25) is 4.79 Å². The molecule has 148 valence electrons. The molecular weight excluding hydrogens is 463 g/mol. The third-order valence-corrected chi connectivity index (χ3v) is 3.08. The summed E-state index contributed by atoms with van der Waals surface area (Å²) in [5.74, 6) is 0.640. The molecule has 0 aliphatic carbocycles. The number of nitrogens with zero attached hydrogens (tertiary/aromatic N) is 1. The van der Waals surface area contributed by atoms with Gasteiger partial charge in [-0.05, 0) is 25.1 Å². The van der Waals surface area contributed by atoms with Gasteiger partial charge in [-0.25, -0.2) is 4.99 Å². The summed E-state index contributed by atoms with van der Waals surface area (Å²) in [6.07, 6.45) is 0.180. The average Bonchev–Trinajstić information content (AvgIpc) is 2.59. The molecule has 0 aliphatic rings. The zero-order valence-electron chi connectivity index (χ0n) is 14.9. The van der Waals surface area contributed by atoms with Crippen LogP contribution in [0.4, 0.5) is 8.78 Å². The molecule has 0 fully saturated rings. The van der Waals surface area contributed by atoms with E-state index in [-0.39, 0.29) is 48.7 Å². The molecule has 0 radical (unpaired) electrons. The molecule has 0 atom stereocenters. The summed E-state index contributed by atoms with van der Waals surface area (Å²) in [7, 11) is 2.80. The van der Waals surface area contributed by atoms with Crippen molar-refractivity contribution in [3.8, 4) is 11.5 Å². The van der Waals surface area contributed by atoms with Crippen LogP contribution < -0.4 is 20.1 Å². The van der Waals surface area contributed by atoms with Crippen LogP contribution in [-0.2, 0) is 16.1 Å². The third-order valence-electron chi connectivity index (χ3n) is 3.08. The van der Waals surface area contributed by atoms with E-state index in [1.54, 1.807) is 6.07 Å². The van der Waals surface area contributed by atoms with Crippen molar-refractivity contribution in [3.05, 3.63) is 23.8 Å². The minimum Gasteiger partial charge on any atom is -0.497 e. The number of alkyl halides is 2. The van der Waals surface area contributed by atoms with Crippen LogP contribution in [0.2, 0.25) is 0 Å². The van der Waals surface area contributed by atoms with Crippen molar-refractivity contribution in [2.24, 2.45) is 4.99 Å². The van der Waals surface area contributed by atoms with Gasteiger partial charge >= 0.3 is 12.6 Å². The molecule has 0 saturated carbocycles. The molecule has 0 unspecified atom stereocenters. The fraction of sp³-hybridized carbons (Fsp3) is 0.500. The van der Waals surface area contributed by atoms with Crippen molar-refractivity contribution in [1.29, 1.82) is 0 Å². The number of halogens is 3. The highest BCUT2D eigenvalue weighted by Crippen LogP contribution is 2.26. The monoisotopic (exact) mass is 487 g/mol. The summed E-state index contributed by atoms with van der Waals surface area (Å²) in [5, 5.41) is 5.96. The van der Waals surface area contributed by atoms with Crippen molar-refractivity contribution >= 4 is 35.9 Å². The highest BCUT2D eigenvalue weighted by Gasteiger charge is 2.11. The molecule has 1 aromatic rings. The number of nitrogens with one attached hydrogen (secondary N) is 2. The van der Waals surface area contributed by atoms with E-state index in [0.717, 1.165) is 0 Å². The van der Waals surface area contributed by atoms with Gasteiger partial charge in [0.25, 0.3) is 0 Å². The number of esters is 1. The normalized spacial score (nSPS) is 10.8. The van der Waals surface area contributed by atoms with Crippen LogP contribution in [0.1, 0.15) is 18.9 Å². The molecule has 0 saturated heterocycles. The van der Waals surface area contributed by atoms with Crippen molar-refractivity contribution in [2.75, 3.05) is 27.3 Å². The van der Waals surface area contributed by atoms with E-state index in [0.29, 0.717) is 30.4 Å². The number of methoxy groups -OCH3 is 2. The van der Waals surface area contributed by atoms with E-state index in [9.17, 15) is 13.6 Å². The Kier molecular flexibility index (Phi) is 12.4. The molecule has 0 amide bonds. The minimum absolute atomic E-state index is 0. The lowest BCUT2D eigenvalue weighted by Crippen LogP contribution is -2.38. The zero-order chi connectivity index (χ0) is 18.7. The molecule has 0 heterocycles. The van der Waals surface area contributed by atoms with E-state index >= 15 is 0 Å². The minimum atomic E-state index is -2.93. The van der Waals surface area contributed by atoms with Crippen LogP contribution in [0.15, 0.2) is 23.2 Å². The first kappa shape index (κ1) is 24.1. The number of rotatable bonds is 9. The predicted octanol–water partition coefficient (Wildman–Crippen LogP) is 2.53. The van der Waals surface area contributed by atoms with Crippen LogP contribution in [0.25, 0.3) is 0 Å². The van der Waals surface area contributed by atoms with Gasteiger partial charge in [0.15, 0.2) is 5.96 Å². The second-order valence-corrected chi connectivity index (χ2v) is 4.80. The fourth-order valence-corrected chi connectivity index (χ4v) is 1.91. The lowest BCUT2D eigenvalue weighted by Gasteiger charge is -2.13. The molecule has 10 heteroatoms. The number of carbonyl (C=O) groups is 1. The Bertz CT molecular complexity index is 589. The number of benzene rings is 1. The van der Waals surface area contributed by atoms with E-state index < -0.39 is 6.61 Å². The van der Waals surface area contributed by atoms with Gasteiger partial charge in [0.2, 0.25) is 0 Å². The first-order valence-corrected chi connectivity index (χ1v) is 7.70. The Morgan fingerprint density at radius 1 is 1.27 bits per heavy atom. The van der Waals surface area contributed by atoms with E-state index in [1.165, 1.54) is 26.4 Å². The largest absolute Gasteiger partial charge is 0.497 e. The summed E-state index contributed by atoms with van der Waals surface area (Å²) >= 11 is 0. The Balaban J connectivity index is 0.00000625. The second-order valence-electron chi connectivity index (χ2n) is 4.80. The number of guanidine groups is 1. The SMILES string of the molecule is CCNC(=NCc1cc(OC)ccc1OC(F)F)NCCC(=O)OC.I. The number of aliphatic imine (C=N–C) groups is 1. The Hall–Kier alpha value is -1.85. The molecule has 26 heavy (non-hydrogen) atoms. The van der Waals surface area contributed by atoms with Crippen LogP contribution >= 0.6 is 24.0 Å². The van der Waals surface area contributed by atoms with Gasteiger partial charge in [-0.2, -0.15) is 8.78 Å². The van der Waals surface area contributed by atoms with Gasteiger partial charge in [-0.15, -0.1) is 24.0 Å². The fourth-order valence-electron chi connectivity index (χ4n) is 1.91. The summed E-state index contributed by atoms with van der Waals surface area (Å²) in [6.45, 7) is -0.0247. The quantitative estimate of drug-likeness (QED) is 0.241. The first-order valence-electron chi connectivity index (χ1n) is 7.70.